The number of hydrogen-bond acceptors (Lipinski definition) is 4. The smallest absolute Gasteiger partial charge is 0.307 e. The lowest BCUT2D eigenvalue weighted by Gasteiger charge is -2.05. The Balaban J connectivity index is 1.65. The van der Waals surface area contributed by atoms with E-state index in [2.05, 4.69) is 15.3 Å². The van der Waals surface area contributed by atoms with E-state index in [1.807, 2.05) is 30.3 Å². The third-order valence-corrected chi connectivity index (χ3v) is 3.40. The molecule has 21 heavy (non-hydrogen) atoms. The standard InChI is InChI=1S/C15H13N3O3/c19-14(11-6-12(11)15(20)21)18-10-7-16-13(17-8-10)9-4-2-1-3-5-9/h1-5,7-8,11-12H,6H2,(H,18,19)(H,20,21)/t11-,12+/m1/s1. The zero-order valence-corrected chi connectivity index (χ0v) is 11.1. The van der Waals surface area contributed by atoms with Crippen LogP contribution in [0.15, 0.2) is 42.7 Å². The number of hydrogen-bond donors (Lipinski definition) is 2. The monoisotopic (exact) mass is 283 g/mol. The lowest BCUT2D eigenvalue weighted by molar-refractivity contribution is -0.139. The van der Waals surface area contributed by atoms with Gasteiger partial charge in [0.2, 0.25) is 5.91 Å². The van der Waals surface area contributed by atoms with Crippen LogP contribution in [0.2, 0.25) is 0 Å². The fourth-order valence-corrected chi connectivity index (χ4v) is 2.12. The Bertz CT molecular complexity index is 670. The molecule has 3 rings (SSSR count). The van der Waals surface area contributed by atoms with Crippen LogP contribution >= 0.6 is 0 Å². The van der Waals surface area contributed by atoms with Crippen molar-refractivity contribution in [1.82, 2.24) is 9.97 Å². The summed E-state index contributed by atoms with van der Waals surface area (Å²) in [6.07, 6.45) is 3.43. The van der Waals surface area contributed by atoms with Gasteiger partial charge in [-0.3, -0.25) is 9.59 Å². The van der Waals surface area contributed by atoms with Crippen molar-refractivity contribution in [3.8, 4) is 11.4 Å². The molecule has 2 aromatic rings. The maximum atomic E-state index is 11.8. The van der Waals surface area contributed by atoms with Crippen molar-refractivity contribution in [1.29, 1.82) is 0 Å². The van der Waals surface area contributed by atoms with E-state index in [9.17, 15) is 9.59 Å². The van der Waals surface area contributed by atoms with E-state index in [0.29, 0.717) is 17.9 Å². The number of carboxylic acids is 1. The van der Waals surface area contributed by atoms with E-state index in [1.165, 1.54) is 12.4 Å². The van der Waals surface area contributed by atoms with Crippen LogP contribution in [0, 0.1) is 11.8 Å². The SMILES string of the molecule is O=C(O)[C@H]1C[C@H]1C(=O)Nc1cnc(-c2ccccc2)nc1. The molecule has 0 unspecified atom stereocenters. The van der Waals surface area contributed by atoms with Crippen molar-refractivity contribution >= 4 is 17.6 Å². The second-order valence-electron chi connectivity index (χ2n) is 4.94. The van der Waals surface area contributed by atoms with E-state index in [1.54, 1.807) is 0 Å². The first-order chi connectivity index (χ1) is 10.1. The molecule has 106 valence electrons. The van der Waals surface area contributed by atoms with Crippen LogP contribution in [0.5, 0.6) is 0 Å². The minimum Gasteiger partial charge on any atom is -0.481 e. The van der Waals surface area contributed by atoms with Crippen molar-refractivity contribution in [2.75, 3.05) is 5.32 Å². The average Bonchev–Trinajstić information content (AvgIpc) is 3.30. The van der Waals surface area contributed by atoms with Crippen molar-refractivity contribution < 1.29 is 14.7 Å². The number of amides is 1. The van der Waals surface area contributed by atoms with Gasteiger partial charge in [-0.05, 0) is 6.42 Å². The van der Waals surface area contributed by atoms with Crippen LogP contribution in [0.1, 0.15) is 6.42 Å². The largest absolute Gasteiger partial charge is 0.481 e. The van der Waals surface area contributed by atoms with E-state index >= 15 is 0 Å². The third kappa shape index (κ3) is 2.89. The minimum absolute atomic E-state index is 0.293. The molecule has 1 heterocycles. The molecule has 1 aliphatic rings. The number of carbonyl (C=O) groups excluding carboxylic acids is 1. The number of nitrogens with one attached hydrogen (secondary N) is 1. The zero-order valence-electron chi connectivity index (χ0n) is 11.1. The van der Waals surface area contributed by atoms with E-state index < -0.39 is 17.8 Å². The maximum absolute atomic E-state index is 11.8. The quantitative estimate of drug-likeness (QED) is 0.892. The van der Waals surface area contributed by atoms with Crippen molar-refractivity contribution in [3.05, 3.63) is 42.7 Å². The molecule has 0 radical (unpaired) electrons. The van der Waals surface area contributed by atoms with Gasteiger partial charge in [-0.2, -0.15) is 0 Å². The Kier molecular flexibility index (Phi) is 3.35. The molecule has 1 amide bonds. The second kappa shape index (κ2) is 5.32. The summed E-state index contributed by atoms with van der Waals surface area (Å²) >= 11 is 0. The number of benzene rings is 1. The highest BCUT2D eigenvalue weighted by atomic mass is 16.4. The summed E-state index contributed by atoms with van der Waals surface area (Å²) in [5, 5.41) is 11.4. The molecule has 0 spiro atoms. The van der Waals surface area contributed by atoms with Crippen LogP contribution in [0.25, 0.3) is 11.4 Å². The highest BCUT2D eigenvalue weighted by Crippen LogP contribution is 2.39. The first kappa shape index (κ1) is 13.2. The van der Waals surface area contributed by atoms with E-state index in [4.69, 9.17) is 5.11 Å². The number of nitrogens with zero attached hydrogens (tertiary/aromatic N) is 2. The number of carboxylic acid groups (broad SMARTS) is 1. The predicted molar refractivity (Wildman–Crippen MR) is 75.3 cm³/mol. The lowest BCUT2D eigenvalue weighted by Crippen LogP contribution is -2.17. The first-order valence-corrected chi connectivity index (χ1v) is 6.56. The van der Waals surface area contributed by atoms with Gasteiger partial charge in [0.25, 0.3) is 0 Å². The van der Waals surface area contributed by atoms with Crippen LogP contribution < -0.4 is 5.32 Å². The Morgan fingerprint density at radius 3 is 2.33 bits per heavy atom. The van der Waals surface area contributed by atoms with E-state index in [-0.39, 0.29) is 5.91 Å². The molecule has 1 aliphatic carbocycles. The summed E-state index contributed by atoms with van der Waals surface area (Å²) in [4.78, 5) is 30.9. The summed E-state index contributed by atoms with van der Waals surface area (Å²) in [7, 11) is 0. The summed E-state index contributed by atoms with van der Waals surface area (Å²) in [5.74, 6) is -1.65. The number of aliphatic carboxylic acids is 1. The average molecular weight is 283 g/mol. The van der Waals surface area contributed by atoms with Crippen molar-refractivity contribution in [2.45, 2.75) is 6.42 Å². The maximum Gasteiger partial charge on any atom is 0.307 e. The van der Waals surface area contributed by atoms with E-state index in [0.717, 1.165) is 5.56 Å². The van der Waals surface area contributed by atoms with Crippen LogP contribution in [-0.2, 0) is 9.59 Å². The number of rotatable bonds is 4. The first-order valence-electron chi connectivity index (χ1n) is 6.56. The topological polar surface area (TPSA) is 92.2 Å². The number of carbonyl (C=O) groups is 2. The molecule has 2 atom stereocenters. The van der Waals surface area contributed by atoms with Crippen molar-refractivity contribution in [2.24, 2.45) is 11.8 Å². The normalized spacial score (nSPS) is 19.8. The van der Waals surface area contributed by atoms with Gasteiger partial charge in [0, 0.05) is 5.56 Å². The molecule has 0 aliphatic heterocycles. The third-order valence-electron chi connectivity index (χ3n) is 3.40. The molecule has 1 saturated carbocycles. The number of anilines is 1. The molecule has 1 fully saturated rings. The Morgan fingerprint density at radius 1 is 1.10 bits per heavy atom. The summed E-state index contributed by atoms with van der Waals surface area (Å²) < 4.78 is 0. The van der Waals surface area contributed by atoms with Gasteiger partial charge in [-0.1, -0.05) is 30.3 Å². The van der Waals surface area contributed by atoms with Crippen LogP contribution in [-0.4, -0.2) is 27.0 Å². The van der Waals surface area contributed by atoms with Gasteiger partial charge in [0.15, 0.2) is 5.82 Å². The predicted octanol–water partition coefficient (Wildman–Crippen LogP) is 1.80. The summed E-state index contributed by atoms with van der Waals surface area (Å²) in [6, 6.07) is 9.50. The van der Waals surface area contributed by atoms with Gasteiger partial charge in [-0.25, -0.2) is 9.97 Å². The molecule has 2 N–H and O–H groups in total. The van der Waals surface area contributed by atoms with Crippen LogP contribution in [0.3, 0.4) is 0 Å². The highest BCUT2D eigenvalue weighted by Gasteiger charge is 2.48. The molecule has 1 aromatic carbocycles. The Morgan fingerprint density at radius 2 is 1.76 bits per heavy atom. The second-order valence-corrected chi connectivity index (χ2v) is 4.94. The zero-order chi connectivity index (χ0) is 14.8. The lowest BCUT2D eigenvalue weighted by atomic mass is 10.2. The van der Waals surface area contributed by atoms with Gasteiger partial charge in [0.05, 0.1) is 29.9 Å². The highest BCUT2D eigenvalue weighted by molar-refractivity contribution is 5.98. The molecule has 6 nitrogen and oxygen atoms in total. The van der Waals surface area contributed by atoms with Crippen LogP contribution in [0.4, 0.5) is 5.69 Å². The van der Waals surface area contributed by atoms with Gasteiger partial charge >= 0.3 is 5.97 Å². The minimum atomic E-state index is -0.925. The summed E-state index contributed by atoms with van der Waals surface area (Å²) in [6.45, 7) is 0. The fraction of sp³-hybridized carbons (Fsp3) is 0.200. The molecular weight excluding hydrogens is 270 g/mol. The summed E-state index contributed by atoms with van der Waals surface area (Å²) in [5.41, 5.74) is 1.36. The molecule has 1 aromatic heterocycles. The Labute approximate surface area is 120 Å². The van der Waals surface area contributed by atoms with Gasteiger partial charge in [-0.15, -0.1) is 0 Å². The molecular formula is C15H13N3O3. The van der Waals surface area contributed by atoms with Crippen molar-refractivity contribution in [3.63, 3.8) is 0 Å². The van der Waals surface area contributed by atoms with Gasteiger partial charge in [0.1, 0.15) is 0 Å². The molecule has 0 bridgehead atoms. The number of aromatic nitrogens is 2. The molecule has 6 heteroatoms. The van der Waals surface area contributed by atoms with Gasteiger partial charge < -0.3 is 10.4 Å². The molecule has 0 saturated heterocycles. The fourth-order valence-electron chi connectivity index (χ4n) is 2.12. The Hall–Kier alpha value is -2.76.